The fraction of sp³-hybridized carbons (Fsp3) is 0. The molecule has 0 fully saturated rings. The number of terminal acetylenes is 1. The monoisotopic (exact) mass is 165 g/mol. The molecule has 0 aliphatic heterocycles. The second-order valence-corrected chi connectivity index (χ2v) is 2.07. The zero-order valence-corrected chi connectivity index (χ0v) is 5.95. The summed E-state index contributed by atoms with van der Waals surface area (Å²) in [5, 5.41) is 10.2. The third-order valence-corrected chi connectivity index (χ3v) is 1.32. The van der Waals surface area contributed by atoms with Crippen LogP contribution in [-0.4, -0.2) is 4.92 Å². The molecule has 4 heteroatoms. The Bertz CT molecular complexity index is 368. The topological polar surface area (TPSA) is 43.1 Å². The van der Waals surface area contributed by atoms with E-state index in [0.717, 1.165) is 18.2 Å². The van der Waals surface area contributed by atoms with Crippen LogP contribution in [0.3, 0.4) is 0 Å². The van der Waals surface area contributed by atoms with Crippen LogP contribution in [0.4, 0.5) is 10.1 Å². The SMILES string of the molecule is C#Cc1cc([N+](=O)[O-])ccc1F. The van der Waals surface area contributed by atoms with Gasteiger partial charge < -0.3 is 0 Å². The molecular weight excluding hydrogens is 161 g/mol. The molecule has 0 aromatic heterocycles. The molecule has 0 unspecified atom stereocenters. The van der Waals surface area contributed by atoms with E-state index in [1.54, 1.807) is 0 Å². The molecule has 1 aromatic rings. The van der Waals surface area contributed by atoms with Gasteiger partial charge in [0.05, 0.1) is 10.5 Å². The second kappa shape index (κ2) is 3.01. The van der Waals surface area contributed by atoms with Gasteiger partial charge in [-0.05, 0) is 6.07 Å². The summed E-state index contributed by atoms with van der Waals surface area (Å²) in [4.78, 5) is 9.57. The Labute approximate surface area is 68.0 Å². The molecule has 0 atom stereocenters. The molecule has 60 valence electrons. The largest absolute Gasteiger partial charge is 0.270 e. The third-order valence-electron chi connectivity index (χ3n) is 1.32. The summed E-state index contributed by atoms with van der Waals surface area (Å²) in [6.45, 7) is 0. The highest BCUT2D eigenvalue weighted by molar-refractivity contribution is 5.42. The number of nitro benzene ring substituents is 1. The number of rotatable bonds is 1. The van der Waals surface area contributed by atoms with Crippen molar-refractivity contribution in [1.29, 1.82) is 0 Å². The quantitative estimate of drug-likeness (QED) is 0.361. The van der Waals surface area contributed by atoms with E-state index in [0.29, 0.717) is 0 Å². The molecule has 0 spiro atoms. The molecule has 0 saturated heterocycles. The van der Waals surface area contributed by atoms with Crippen LogP contribution in [0.5, 0.6) is 0 Å². The summed E-state index contributed by atoms with van der Waals surface area (Å²) >= 11 is 0. The first-order valence-corrected chi connectivity index (χ1v) is 3.05. The Morgan fingerprint density at radius 3 is 2.75 bits per heavy atom. The van der Waals surface area contributed by atoms with Gasteiger partial charge in [0.2, 0.25) is 0 Å². The van der Waals surface area contributed by atoms with E-state index in [-0.39, 0.29) is 11.3 Å². The summed E-state index contributed by atoms with van der Waals surface area (Å²) in [7, 11) is 0. The Balaban J connectivity index is 3.25. The highest BCUT2D eigenvalue weighted by Gasteiger charge is 2.08. The maximum absolute atomic E-state index is 12.7. The summed E-state index contributed by atoms with van der Waals surface area (Å²) in [5.74, 6) is 1.39. The molecule has 0 aliphatic rings. The van der Waals surface area contributed by atoms with Crippen LogP contribution < -0.4 is 0 Å². The van der Waals surface area contributed by atoms with E-state index in [1.807, 2.05) is 5.92 Å². The highest BCUT2D eigenvalue weighted by Crippen LogP contribution is 2.15. The summed E-state index contributed by atoms with van der Waals surface area (Å²) < 4.78 is 12.7. The van der Waals surface area contributed by atoms with Gasteiger partial charge in [-0.1, -0.05) is 5.92 Å². The molecule has 12 heavy (non-hydrogen) atoms. The van der Waals surface area contributed by atoms with Crippen molar-refractivity contribution in [2.75, 3.05) is 0 Å². The first-order chi connectivity index (χ1) is 5.65. The van der Waals surface area contributed by atoms with Gasteiger partial charge >= 0.3 is 0 Å². The standard InChI is InChI=1S/C8H4FNO2/c1-2-6-5-7(10(11)12)3-4-8(6)9/h1,3-5H. The van der Waals surface area contributed by atoms with Gasteiger partial charge in [-0.3, -0.25) is 10.1 Å². The van der Waals surface area contributed by atoms with Crippen molar-refractivity contribution in [3.8, 4) is 12.3 Å². The van der Waals surface area contributed by atoms with Gasteiger partial charge in [0.25, 0.3) is 5.69 Å². The number of hydrogen-bond acceptors (Lipinski definition) is 2. The van der Waals surface area contributed by atoms with Crippen molar-refractivity contribution in [3.05, 3.63) is 39.7 Å². The van der Waals surface area contributed by atoms with E-state index >= 15 is 0 Å². The van der Waals surface area contributed by atoms with E-state index in [2.05, 4.69) is 0 Å². The van der Waals surface area contributed by atoms with Gasteiger partial charge in [-0.2, -0.15) is 0 Å². The van der Waals surface area contributed by atoms with Crippen molar-refractivity contribution < 1.29 is 9.31 Å². The smallest absolute Gasteiger partial charge is 0.258 e. The molecule has 1 aromatic carbocycles. The van der Waals surface area contributed by atoms with Crippen LogP contribution in [0, 0.1) is 28.3 Å². The maximum Gasteiger partial charge on any atom is 0.270 e. The van der Waals surface area contributed by atoms with Crippen molar-refractivity contribution in [1.82, 2.24) is 0 Å². The highest BCUT2D eigenvalue weighted by atomic mass is 19.1. The first kappa shape index (κ1) is 8.21. The van der Waals surface area contributed by atoms with Gasteiger partial charge in [-0.15, -0.1) is 6.42 Å². The van der Waals surface area contributed by atoms with Gasteiger partial charge in [0, 0.05) is 12.1 Å². The number of hydrogen-bond donors (Lipinski definition) is 0. The lowest BCUT2D eigenvalue weighted by Crippen LogP contribution is -1.90. The number of nitrogens with zero attached hydrogens (tertiary/aromatic N) is 1. The van der Waals surface area contributed by atoms with Gasteiger partial charge in [-0.25, -0.2) is 4.39 Å². The Kier molecular flexibility index (Phi) is 2.06. The lowest BCUT2D eigenvalue weighted by molar-refractivity contribution is -0.384. The van der Waals surface area contributed by atoms with Crippen molar-refractivity contribution in [2.24, 2.45) is 0 Å². The minimum absolute atomic E-state index is 0.0933. The Morgan fingerprint density at radius 1 is 1.58 bits per heavy atom. The molecule has 1 rings (SSSR count). The minimum Gasteiger partial charge on any atom is -0.258 e. The molecule has 0 amide bonds. The molecule has 0 N–H and O–H groups in total. The van der Waals surface area contributed by atoms with Crippen LogP contribution in [0.15, 0.2) is 18.2 Å². The molecule has 3 nitrogen and oxygen atoms in total. The Morgan fingerprint density at radius 2 is 2.25 bits per heavy atom. The number of halogens is 1. The predicted octanol–water partition coefficient (Wildman–Crippen LogP) is 1.72. The summed E-state index contributed by atoms with van der Waals surface area (Å²) in [6, 6.07) is 3.07. The maximum atomic E-state index is 12.7. The molecule has 0 saturated carbocycles. The number of nitro groups is 1. The number of benzene rings is 1. The fourth-order valence-corrected chi connectivity index (χ4v) is 0.737. The summed E-state index contributed by atoms with van der Waals surface area (Å²) in [6.07, 6.45) is 4.91. The van der Waals surface area contributed by atoms with Gasteiger partial charge in [0.1, 0.15) is 5.82 Å². The fourth-order valence-electron chi connectivity index (χ4n) is 0.737. The normalized spacial score (nSPS) is 9.00. The van der Waals surface area contributed by atoms with Crippen LogP contribution >= 0.6 is 0 Å². The van der Waals surface area contributed by atoms with Crippen LogP contribution in [0.1, 0.15) is 5.56 Å². The van der Waals surface area contributed by atoms with Crippen LogP contribution in [0.2, 0.25) is 0 Å². The molecule has 0 radical (unpaired) electrons. The first-order valence-electron chi connectivity index (χ1n) is 3.05. The van der Waals surface area contributed by atoms with Crippen molar-refractivity contribution in [3.63, 3.8) is 0 Å². The zero-order chi connectivity index (χ0) is 9.14. The minimum atomic E-state index is -0.625. The van der Waals surface area contributed by atoms with E-state index < -0.39 is 10.7 Å². The third kappa shape index (κ3) is 1.40. The lowest BCUT2D eigenvalue weighted by atomic mass is 10.2. The predicted molar refractivity (Wildman–Crippen MR) is 41.0 cm³/mol. The second-order valence-electron chi connectivity index (χ2n) is 2.07. The van der Waals surface area contributed by atoms with Crippen LogP contribution in [0.25, 0.3) is 0 Å². The Hall–Kier alpha value is -1.89. The summed E-state index contributed by atoms with van der Waals surface area (Å²) in [5.41, 5.74) is -0.298. The zero-order valence-electron chi connectivity index (χ0n) is 5.95. The van der Waals surface area contributed by atoms with E-state index in [4.69, 9.17) is 6.42 Å². The lowest BCUT2D eigenvalue weighted by Gasteiger charge is -1.93. The van der Waals surface area contributed by atoms with E-state index in [1.165, 1.54) is 0 Å². The molecule has 0 heterocycles. The van der Waals surface area contributed by atoms with E-state index in [9.17, 15) is 14.5 Å². The average molecular weight is 165 g/mol. The van der Waals surface area contributed by atoms with Gasteiger partial charge in [0.15, 0.2) is 0 Å². The molecule has 0 aliphatic carbocycles. The van der Waals surface area contributed by atoms with Crippen molar-refractivity contribution >= 4 is 5.69 Å². The molecule has 0 bridgehead atoms. The average Bonchev–Trinajstić information content (AvgIpc) is 2.05. The van der Waals surface area contributed by atoms with Crippen molar-refractivity contribution in [2.45, 2.75) is 0 Å². The molecular formula is C8H4FNO2. The van der Waals surface area contributed by atoms with Crippen LogP contribution in [-0.2, 0) is 0 Å². The number of non-ortho nitro benzene ring substituents is 1.